The molecule has 1 aromatic carbocycles. The number of rotatable bonds is 7. The largest absolute Gasteiger partial charge is 0.389 e. The van der Waals surface area contributed by atoms with Gasteiger partial charge in [-0.2, -0.15) is 18.4 Å². The SMILES string of the molecule is Cc1ccc(CN2CCC(n3c(CCC(F)(F)F)cnc3C(=O)N(C)C)CC2)c(C)c1/C=C/C#N. The lowest BCUT2D eigenvalue weighted by Crippen LogP contribution is -2.36. The Morgan fingerprint density at radius 3 is 2.54 bits per heavy atom. The zero-order valence-corrected chi connectivity index (χ0v) is 20.7. The molecular weight excluding hydrogens is 455 g/mol. The number of aryl methyl sites for hydroxylation is 2. The molecule has 0 unspecified atom stereocenters. The topological polar surface area (TPSA) is 65.2 Å². The number of halogens is 3. The Labute approximate surface area is 204 Å². The van der Waals surface area contributed by atoms with E-state index in [1.54, 1.807) is 18.7 Å². The van der Waals surface area contributed by atoms with Gasteiger partial charge in [0.15, 0.2) is 5.82 Å². The molecule has 188 valence electrons. The summed E-state index contributed by atoms with van der Waals surface area (Å²) >= 11 is 0. The second-order valence-electron chi connectivity index (χ2n) is 9.31. The molecule has 0 bridgehead atoms. The van der Waals surface area contributed by atoms with Gasteiger partial charge in [0.25, 0.3) is 5.91 Å². The van der Waals surface area contributed by atoms with Crippen molar-refractivity contribution in [3.05, 3.63) is 58.2 Å². The Hall–Kier alpha value is -3.12. The van der Waals surface area contributed by atoms with E-state index in [1.165, 1.54) is 22.7 Å². The maximum Gasteiger partial charge on any atom is 0.389 e. The van der Waals surface area contributed by atoms with Gasteiger partial charge in [-0.05, 0) is 61.4 Å². The molecular formula is C26H32F3N5O. The van der Waals surface area contributed by atoms with Crippen LogP contribution in [0.1, 0.15) is 63.9 Å². The summed E-state index contributed by atoms with van der Waals surface area (Å²) in [4.78, 5) is 20.6. The standard InChI is InChI=1S/C26H32F3N5O/c1-18-7-8-20(19(2)23(18)6-5-13-30)17-33-14-10-21(11-15-33)34-22(9-12-26(27,28)29)16-31-24(34)25(35)32(3)4/h5-8,16,21H,9-12,14-15,17H2,1-4H3/b6-5+. The summed E-state index contributed by atoms with van der Waals surface area (Å²) in [5.41, 5.74) is 4.94. The number of nitrogens with zero attached hydrogens (tertiary/aromatic N) is 5. The Balaban J connectivity index is 1.76. The Bertz CT molecular complexity index is 1120. The highest BCUT2D eigenvalue weighted by Crippen LogP contribution is 2.30. The molecule has 9 heteroatoms. The Morgan fingerprint density at radius 2 is 1.94 bits per heavy atom. The molecule has 0 N–H and O–H groups in total. The van der Waals surface area contributed by atoms with Crippen molar-refractivity contribution in [3.63, 3.8) is 0 Å². The molecule has 1 amide bonds. The van der Waals surface area contributed by atoms with Crippen LogP contribution in [0.25, 0.3) is 6.08 Å². The van der Waals surface area contributed by atoms with E-state index in [0.29, 0.717) is 5.69 Å². The normalized spacial score (nSPS) is 15.5. The van der Waals surface area contributed by atoms with Crippen molar-refractivity contribution in [1.29, 1.82) is 5.26 Å². The number of carbonyl (C=O) groups is 1. The molecule has 1 aromatic heterocycles. The van der Waals surface area contributed by atoms with E-state index in [-0.39, 0.29) is 24.2 Å². The van der Waals surface area contributed by atoms with Gasteiger partial charge in [-0.25, -0.2) is 4.98 Å². The molecule has 2 heterocycles. The van der Waals surface area contributed by atoms with Crippen molar-refractivity contribution in [2.24, 2.45) is 0 Å². The van der Waals surface area contributed by atoms with Gasteiger partial charge < -0.3 is 9.47 Å². The molecule has 6 nitrogen and oxygen atoms in total. The molecule has 35 heavy (non-hydrogen) atoms. The fraction of sp³-hybridized carbons (Fsp3) is 0.500. The van der Waals surface area contributed by atoms with Crippen molar-refractivity contribution in [3.8, 4) is 6.07 Å². The fourth-order valence-corrected chi connectivity index (χ4v) is 4.65. The van der Waals surface area contributed by atoms with E-state index in [1.807, 2.05) is 19.1 Å². The van der Waals surface area contributed by atoms with E-state index in [9.17, 15) is 18.0 Å². The van der Waals surface area contributed by atoms with Crippen LogP contribution >= 0.6 is 0 Å². The van der Waals surface area contributed by atoms with Gasteiger partial charge in [-0.3, -0.25) is 9.69 Å². The molecule has 0 spiro atoms. The highest BCUT2D eigenvalue weighted by Gasteiger charge is 2.31. The van der Waals surface area contributed by atoms with E-state index >= 15 is 0 Å². The number of piperidine rings is 1. The minimum absolute atomic E-state index is 0.0795. The first kappa shape index (κ1) is 26.5. The summed E-state index contributed by atoms with van der Waals surface area (Å²) < 4.78 is 40.4. The first-order chi connectivity index (χ1) is 16.5. The average molecular weight is 488 g/mol. The van der Waals surface area contributed by atoms with Gasteiger partial charge >= 0.3 is 6.18 Å². The fourth-order valence-electron chi connectivity index (χ4n) is 4.65. The minimum atomic E-state index is -4.27. The molecule has 0 radical (unpaired) electrons. The van der Waals surface area contributed by atoms with Gasteiger partial charge in [-0.15, -0.1) is 0 Å². The third-order valence-electron chi connectivity index (χ3n) is 6.62. The summed E-state index contributed by atoms with van der Waals surface area (Å²) in [6.07, 6.45) is 0.772. The lowest BCUT2D eigenvalue weighted by molar-refractivity contribution is -0.134. The molecule has 3 rings (SSSR count). The Kier molecular flexibility index (Phi) is 8.39. The maximum atomic E-state index is 12.9. The number of hydrogen-bond donors (Lipinski definition) is 0. The highest BCUT2D eigenvalue weighted by molar-refractivity contribution is 5.90. The van der Waals surface area contributed by atoms with E-state index in [4.69, 9.17) is 5.26 Å². The third kappa shape index (κ3) is 6.51. The van der Waals surface area contributed by atoms with Gasteiger partial charge in [-0.1, -0.05) is 12.1 Å². The number of imidazole rings is 1. The molecule has 0 aliphatic carbocycles. The first-order valence-electron chi connectivity index (χ1n) is 11.7. The monoisotopic (exact) mass is 487 g/mol. The number of likely N-dealkylation sites (tertiary alicyclic amines) is 1. The number of carbonyl (C=O) groups excluding carboxylic acids is 1. The smallest absolute Gasteiger partial charge is 0.342 e. The van der Waals surface area contributed by atoms with Crippen LogP contribution in [-0.2, 0) is 13.0 Å². The number of hydrogen-bond acceptors (Lipinski definition) is 4. The van der Waals surface area contributed by atoms with E-state index < -0.39 is 12.6 Å². The van der Waals surface area contributed by atoms with Crippen LogP contribution in [0.15, 0.2) is 24.4 Å². The van der Waals surface area contributed by atoms with Crippen molar-refractivity contribution in [2.75, 3.05) is 27.2 Å². The Morgan fingerprint density at radius 1 is 1.26 bits per heavy atom. The first-order valence-corrected chi connectivity index (χ1v) is 11.7. The molecule has 1 fully saturated rings. The van der Waals surface area contributed by atoms with Crippen LogP contribution in [0.2, 0.25) is 0 Å². The summed E-state index contributed by atoms with van der Waals surface area (Å²) in [5, 5.41) is 8.89. The minimum Gasteiger partial charge on any atom is -0.342 e. The van der Waals surface area contributed by atoms with E-state index in [2.05, 4.69) is 28.9 Å². The zero-order valence-electron chi connectivity index (χ0n) is 20.7. The van der Waals surface area contributed by atoms with Crippen molar-refractivity contribution < 1.29 is 18.0 Å². The van der Waals surface area contributed by atoms with Gasteiger partial charge in [0.2, 0.25) is 0 Å². The molecule has 0 saturated carbocycles. The number of benzene rings is 1. The second-order valence-corrected chi connectivity index (χ2v) is 9.31. The highest BCUT2D eigenvalue weighted by atomic mass is 19.4. The lowest BCUT2D eigenvalue weighted by atomic mass is 9.96. The van der Waals surface area contributed by atoms with Crippen LogP contribution in [-0.4, -0.2) is 58.6 Å². The van der Waals surface area contributed by atoms with Crippen LogP contribution in [0.5, 0.6) is 0 Å². The molecule has 2 aromatic rings. The van der Waals surface area contributed by atoms with Crippen LogP contribution in [0.3, 0.4) is 0 Å². The summed E-state index contributed by atoms with van der Waals surface area (Å²) in [6.45, 7) is 6.35. The molecule has 1 aliphatic rings. The molecule has 0 atom stereocenters. The van der Waals surface area contributed by atoms with Crippen molar-refractivity contribution in [1.82, 2.24) is 19.4 Å². The summed E-state index contributed by atoms with van der Waals surface area (Å²) in [5.74, 6) is -0.104. The van der Waals surface area contributed by atoms with Gasteiger partial charge in [0.1, 0.15) is 0 Å². The van der Waals surface area contributed by atoms with Crippen molar-refractivity contribution in [2.45, 2.75) is 58.3 Å². The quantitative estimate of drug-likeness (QED) is 0.512. The zero-order chi connectivity index (χ0) is 25.8. The second kappa shape index (κ2) is 11.1. The van der Waals surface area contributed by atoms with Crippen LogP contribution in [0, 0.1) is 25.2 Å². The number of nitriles is 1. The summed E-state index contributed by atoms with van der Waals surface area (Å²) in [7, 11) is 3.23. The molecule has 1 aliphatic heterocycles. The maximum absolute atomic E-state index is 12.9. The summed E-state index contributed by atoms with van der Waals surface area (Å²) in [6, 6.07) is 6.13. The third-order valence-corrected chi connectivity index (χ3v) is 6.62. The number of allylic oxidation sites excluding steroid dienone is 1. The van der Waals surface area contributed by atoms with Crippen LogP contribution in [0.4, 0.5) is 13.2 Å². The van der Waals surface area contributed by atoms with Crippen molar-refractivity contribution >= 4 is 12.0 Å². The number of amides is 1. The predicted octanol–water partition coefficient (Wildman–Crippen LogP) is 5.07. The van der Waals surface area contributed by atoms with Crippen LogP contribution < -0.4 is 0 Å². The number of alkyl halides is 3. The van der Waals surface area contributed by atoms with Gasteiger partial charge in [0, 0.05) is 64.2 Å². The number of aromatic nitrogens is 2. The lowest BCUT2D eigenvalue weighted by Gasteiger charge is -2.34. The average Bonchev–Trinajstić information content (AvgIpc) is 3.23. The predicted molar refractivity (Wildman–Crippen MR) is 129 cm³/mol. The van der Waals surface area contributed by atoms with Gasteiger partial charge in [0.05, 0.1) is 6.07 Å². The molecule has 1 saturated heterocycles. The van der Waals surface area contributed by atoms with E-state index in [0.717, 1.165) is 49.2 Å².